The van der Waals surface area contributed by atoms with E-state index in [2.05, 4.69) is 16.1 Å². The normalized spacial score (nSPS) is 18.0. The first-order valence-corrected chi connectivity index (χ1v) is 8.74. The van der Waals surface area contributed by atoms with Crippen LogP contribution in [-0.2, 0) is 4.79 Å². The summed E-state index contributed by atoms with van der Waals surface area (Å²) in [7, 11) is 0. The van der Waals surface area contributed by atoms with Crippen molar-refractivity contribution in [3.63, 3.8) is 0 Å². The van der Waals surface area contributed by atoms with Crippen LogP contribution in [0.25, 0.3) is 6.08 Å². The smallest absolute Gasteiger partial charge is 0.260 e. The van der Waals surface area contributed by atoms with Crippen molar-refractivity contribution in [1.29, 1.82) is 5.26 Å². The van der Waals surface area contributed by atoms with Crippen molar-refractivity contribution in [2.75, 3.05) is 0 Å². The van der Waals surface area contributed by atoms with Crippen molar-refractivity contribution in [3.8, 4) is 17.6 Å². The van der Waals surface area contributed by atoms with Gasteiger partial charge in [-0.3, -0.25) is 4.79 Å². The fourth-order valence-corrected chi connectivity index (χ4v) is 2.89. The highest BCUT2D eigenvalue weighted by molar-refractivity contribution is 6.26. The first-order chi connectivity index (χ1) is 13.7. The van der Waals surface area contributed by atoms with Crippen LogP contribution in [-0.4, -0.2) is 17.5 Å². The van der Waals surface area contributed by atoms with Gasteiger partial charge in [0.05, 0.1) is 11.3 Å². The number of nitriles is 1. The lowest BCUT2D eigenvalue weighted by atomic mass is 9.96. The number of amidine groups is 1. The number of hydrogen-bond donors (Lipinski definition) is 0. The molecule has 5 nitrogen and oxygen atoms in total. The molecule has 0 aromatic heterocycles. The number of carbonyl (C=O) groups is 1. The van der Waals surface area contributed by atoms with E-state index in [-0.39, 0.29) is 17.3 Å². The van der Waals surface area contributed by atoms with Gasteiger partial charge < -0.3 is 4.74 Å². The zero-order valence-electron chi connectivity index (χ0n) is 14.8. The number of ether oxygens (including phenoxy) is 1. The lowest BCUT2D eigenvalue weighted by Crippen LogP contribution is -2.27. The lowest BCUT2D eigenvalue weighted by Gasteiger charge is -2.17. The monoisotopic (exact) mass is 365 g/mol. The van der Waals surface area contributed by atoms with Crippen LogP contribution >= 0.6 is 0 Å². The minimum Gasteiger partial charge on any atom is -0.457 e. The van der Waals surface area contributed by atoms with Gasteiger partial charge in [-0.15, -0.1) is 0 Å². The average Bonchev–Trinajstić information content (AvgIpc) is 2.73. The largest absolute Gasteiger partial charge is 0.457 e. The topological polar surface area (TPSA) is 74.8 Å². The summed E-state index contributed by atoms with van der Waals surface area (Å²) in [6.07, 6.45) is 8.77. The third-order valence-electron chi connectivity index (χ3n) is 4.23. The third kappa shape index (κ3) is 3.71. The Bertz CT molecular complexity index is 1120. The number of carbonyl (C=O) groups excluding carboxylic acids is 1. The minimum atomic E-state index is -0.462. The Morgan fingerprint density at radius 1 is 1.04 bits per heavy atom. The summed E-state index contributed by atoms with van der Waals surface area (Å²) in [6.45, 7) is 0. The van der Waals surface area contributed by atoms with Gasteiger partial charge in [-0.05, 0) is 42.0 Å². The van der Waals surface area contributed by atoms with E-state index in [4.69, 9.17) is 4.74 Å². The van der Waals surface area contributed by atoms with E-state index in [0.29, 0.717) is 11.5 Å². The summed E-state index contributed by atoms with van der Waals surface area (Å²) in [4.78, 5) is 20.7. The van der Waals surface area contributed by atoms with Crippen LogP contribution in [0.4, 0.5) is 0 Å². The Kier molecular flexibility index (Phi) is 4.77. The lowest BCUT2D eigenvalue weighted by molar-refractivity contribution is -0.118. The number of aliphatic imine (C=N–C) groups is 2. The highest BCUT2D eigenvalue weighted by Gasteiger charge is 2.27. The maximum Gasteiger partial charge on any atom is 0.260 e. The Labute approximate surface area is 162 Å². The molecule has 1 heterocycles. The maximum atomic E-state index is 12.3. The molecule has 0 spiro atoms. The van der Waals surface area contributed by atoms with Gasteiger partial charge in [-0.1, -0.05) is 48.6 Å². The number of benzene rings is 2. The summed E-state index contributed by atoms with van der Waals surface area (Å²) >= 11 is 0. The number of fused-ring (bicyclic) bond motifs is 1. The first kappa shape index (κ1) is 17.4. The van der Waals surface area contributed by atoms with Crippen LogP contribution in [0.2, 0.25) is 0 Å². The van der Waals surface area contributed by atoms with Crippen LogP contribution in [0, 0.1) is 17.2 Å². The Morgan fingerprint density at radius 3 is 2.68 bits per heavy atom. The number of nitrogens with zero attached hydrogens (tertiary/aromatic N) is 3. The Hall–Kier alpha value is -4.04. The second-order valence-corrected chi connectivity index (χ2v) is 6.19. The molecule has 0 bridgehead atoms. The van der Waals surface area contributed by atoms with Crippen LogP contribution in [0.1, 0.15) is 5.56 Å². The van der Waals surface area contributed by atoms with E-state index in [0.717, 1.165) is 11.3 Å². The molecule has 2 aromatic rings. The number of para-hydroxylation sites is 1. The van der Waals surface area contributed by atoms with Gasteiger partial charge in [-0.25, -0.2) is 4.99 Å². The molecule has 1 amide bonds. The number of amides is 1. The SMILES string of the molecule is N#C/C(=C\c1cccc(Oc2ccccc2)c1)C1=NC(=O)C2C=CC=CC2=N1. The standard InChI is InChI=1S/C23H15N3O2/c24-15-17(22-25-21-12-5-4-11-20(21)23(27)26-22)13-16-7-6-10-19(14-16)28-18-8-2-1-3-9-18/h1-14,20H/b17-13+. The quantitative estimate of drug-likeness (QED) is 0.748. The van der Waals surface area contributed by atoms with Gasteiger partial charge in [-0.2, -0.15) is 10.3 Å². The molecule has 0 saturated carbocycles. The van der Waals surface area contributed by atoms with Gasteiger partial charge in [0.1, 0.15) is 23.5 Å². The summed E-state index contributed by atoms with van der Waals surface area (Å²) in [6, 6.07) is 18.9. The third-order valence-corrected chi connectivity index (χ3v) is 4.23. The molecular formula is C23H15N3O2. The molecule has 2 aromatic carbocycles. The van der Waals surface area contributed by atoms with Crippen LogP contribution < -0.4 is 4.74 Å². The van der Waals surface area contributed by atoms with Crippen molar-refractivity contribution in [2.24, 2.45) is 15.9 Å². The molecule has 2 aliphatic rings. The van der Waals surface area contributed by atoms with Crippen molar-refractivity contribution in [3.05, 3.63) is 90.0 Å². The molecule has 28 heavy (non-hydrogen) atoms. The molecule has 0 radical (unpaired) electrons. The van der Waals surface area contributed by atoms with E-state index >= 15 is 0 Å². The zero-order chi connectivity index (χ0) is 19.3. The molecule has 1 unspecified atom stereocenters. The van der Waals surface area contributed by atoms with Gasteiger partial charge >= 0.3 is 0 Å². The van der Waals surface area contributed by atoms with Crippen molar-refractivity contribution in [1.82, 2.24) is 0 Å². The predicted octanol–water partition coefficient (Wildman–Crippen LogP) is 4.51. The molecule has 5 heteroatoms. The van der Waals surface area contributed by atoms with E-state index in [1.165, 1.54) is 0 Å². The zero-order valence-corrected chi connectivity index (χ0v) is 14.8. The molecule has 1 aliphatic heterocycles. The highest BCUT2D eigenvalue weighted by Crippen LogP contribution is 2.24. The number of hydrogen-bond acceptors (Lipinski definition) is 4. The molecule has 1 aliphatic carbocycles. The first-order valence-electron chi connectivity index (χ1n) is 8.74. The molecular weight excluding hydrogens is 350 g/mol. The van der Waals surface area contributed by atoms with Crippen LogP contribution in [0.3, 0.4) is 0 Å². The summed E-state index contributed by atoms with van der Waals surface area (Å²) in [5, 5.41) is 9.58. The summed E-state index contributed by atoms with van der Waals surface area (Å²) < 4.78 is 5.83. The average molecular weight is 365 g/mol. The van der Waals surface area contributed by atoms with Crippen molar-refractivity contribution >= 4 is 23.5 Å². The molecule has 0 N–H and O–H groups in total. The molecule has 0 fully saturated rings. The fraction of sp³-hybridized carbons (Fsp3) is 0.0435. The van der Waals surface area contributed by atoms with E-state index < -0.39 is 5.92 Å². The van der Waals surface area contributed by atoms with E-state index in [9.17, 15) is 10.1 Å². The van der Waals surface area contributed by atoms with Crippen molar-refractivity contribution in [2.45, 2.75) is 0 Å². The van der Waals surface area contributed by atoms with Crippen LogP contribution in [0.15, 0.2) is 94.5 Å². The van der Waals surface area contributed by atoms with Crippen LogP contribution in [0.5, 0.6) is 11.5 Å². The predicted molar refractivity (Wildman–Crippen MR) is 108 cm³/mol. The van der Waals surface area contributed by atoms with E-state index in [1.54, 1.807) is 24.3 Å². The molecule has 134 valence electrons. The van der Waals surface area contributed by atoms with Gasteiger partial charge in [0.2, 0.25) is 0 Å². The Morgan fingerprint density at radius 2 is 1.86 bits per heavy atom. The van der Waals surface area contributed by atoms with Gasteiger partial charge in [0.15, 0.2) is 5.84 Å². The second-order valence-electron chi connectivity index (χ2n) is 6.19. The molecule has 1 atom stereocenters. The number of rotatable bonds is 4. The second kappa shape index (κ2) is 7.68. The maximum absolute atomic E-state index is 12.3. The van der Waals surface area contributed by atoms with E-state index in [1.807, 2.05) is 60.7 Å². The number of allylic oxidation sites excluding steroid dienone is 3. The summed E-state index contributed by atoms with van der Waals surface area (Å²) in [5.41, 5.74) is 1.57. The Balaban J connectivity index is 1.62. The molecule has 0 saturated heterocycles. The van der Waals surface area contributed by atoms with Gasteiger partial charge in [0.25, 0.3) is 5.91 Å². The fourth-order valence-electron chi connectivity index (χ4n) is 2.89. The minimum absolute atomic E-state index is 0.132. The van der Waals surface area contributed by atoms with Gasteiger partial charge in [0, 0.05) is 0 Å². The molecule has 4 rings (SSSR count). The van der Waals surface area contributed by atoms with Crippen molar-refractivity contribution < 1.29 is 9.53 Å². The summed E-state index contributed by atoms with van der Waals surface area (Å²) in [5.74, 6) is 0.721. The highest BCUT2D eigenvalue weighted by atomic mass is 16.5.